The van der Waals surface area contributed by atoms with Gasteiger partial charge in [-0.15, -0.1) is 0 Å². The number of amides is 1. The van der Waals surface area contributed by atoms with E-state index in [1.54, 1.807) is 20.3 Å². The molecule has 140 valence electrons. The Morgan fingerprint density at radius 1 is 1.12 bits per heavy atom. The van der Waals surface area contributed by atoms with Crippen molar-refractivity contribution in [2.24, 2.45) is 0 Å². The third-order valence-corrected chi connectivity index (χ3v) is 4.43. The Kier molecular flexibility index (Phi) is 7.60. The maximum absolute atomic E-state index is 12.0. The molecule has 5 nitrogen and oxygen atoms in total. The molecule has 0 spiro atoms. The van der Waals surface area contributed by atoms with Gasteiger partial charge in [-0.05, 0) is 42.7 Å². The van der Waals surface area contributed by atoms with Crippen LogP contribution in [0, 0.1) is 6.92 Å². The van der Waals surface area contributed by atoms with E-state index < -0.39 is 0 Å². The molecule has 0 aliphatic heterocycles. The summed E-state index contributed by atoms with van der Waals surface area (Å²) in [5.41, 5.74) is 2.92. The third kappa shape index (κ3) is 5.85. The first-order valence-electron chi connectivity index (χ1n) is 8.51. The van der Waals surface area contributed by atoms with Crippen LogP contribution in [-0.4, -0.2) is 33.2 Å². The van der Waals surface area contributed by atoms with E-state index in [0.29, 0.717) is 30.3 Å². The SMILES string of the molecule is COc1cccc(CCNC(=O)CCNc2cc(C)c(Cl)cc2OC)c1. The number of nitrogens with one attached hydrogen (secondary N) is 2. The Bertz CT molecular complexity index is 750. The molecule has 6 heteroatoms. The summed E-state index contributed by atoms with van der Waals surface area (Å²) in [5.74, 6) is 1.49. The Balaban J connectivity index is 1.74. The average molecular weight is 377 g/mol. The van der Waals surface area contributed by atoms with Gasteiger partial charge in [-0.1, -0.05) is 23.7 Å². The van der Waals surface area contributed by atoms with Crippen LogP contribution in [0.2, 0.25) is 5.02 Å². The predicted octanol–water partition coefficient (Wildman–Crippen LogP) is 3.83. The largest absolute Gasteiger partial charge is 0.497 e. The zero-order valence-electron chi connectivity index (χ0n) is 15.4. The Morgan fingerprint density at radius 3 is 2.65 bits per heavy atom. The van der Waals surface area contributed by atoms with Crippen LogP contribution >= 0.6 is 11.6 Å². The molecule has 0 saturated carbocycles. The van der Waals surface area contributed by atoms with Crippen LogP contribution in [0.3, 0.4) is 0 Å². The van der Waals surface area contributed by atoms with E-state index >= 15 is 0 Å². The van der Waals surface area contributed by atoms with Gasteiger partial charge in [-0.2, -0.15) is 0 Å². The number of rotatable bonds is 9. The molecule has 0 heterocycles. The fourth-order valence-electron chi connectivity index (χ4n) is 2.54. The minimum Gasteiger partial charge on any atom is -0.497 e. The van der Waals surface area contributed by atoms with Gasteiger partial charge < -0.3 is 20.1 Å². The highest BCUT2D eigenvalue weighted by Gasteiger charge is 2.08. The molecule has 2 rings (SSSR count). The van der Waals surface area contributed by atoms with Crippen LogP contribution in [-0.2, 0) is 11.2 Å². The number of halogens is 1. The van der Waals surface area contributed by atoms with Crippen molar-refractivity contribution < 1.29 is 14.3 Å². The molecular formula is C20H25ClN2O3. The number of carbonyl (C=O) groups is 1. The molecule has 2 aromatic rings. The smallest absolute Gasteiger partial charge is 0.221 e. The lowest BCUT2D eigenvalue weighted by Gasteiger charge is -2.13. The summed E-state index contributed by atoms with van der Waals surface area (Å²) in [6.45, 7) is 3.04. The van der Waals surface area contributed by atoms with E-state index in [2.05, 4.69) is 10.6 Å². The lowest BCUT2D eigenvalue weighted by molar-refractivity contribution is -0.120. The number of ether oxygens (including phenoxy) is 2. The summed E-state index contributed by atoms with van der Waals surface area (Å²) in [6.07, 6.45) is 1.14. The minimum atomic E-state index is 0.00467. The highest BCUT2D eigenvalue weighted by Crippen LogP contribution is 2.30. The van der Waals surface area contributed by atoms with E-state index in [1.165, 1.54) is 0 Å². The van der Waals surface area contributed by atoms with E-state index in [4.69, 9.17) is 21.1 Å². The van der Waals surface area contributed by atoms with Crippen LogP contribution in [0.5, 0.6) is 11.5 Å². The highest BCUT2D eigenvalue weighted by molar-refractivity contribution is 6.31. The Morgan fingerprint density at radius 2 is 1.92 bits per heavy atom. The van der Waals surface area contributed by atoms with Crippen LogP contribution in [0.25, 0.3) is 0 Å². The summed E-state index contributed by atoms with van der Waals surface area (Å²) in [6, 6.07) is 11.5. The van der Waals surface area contributed by atoms with Crippen LogP contribution in [0.4, 0.5) is 5.69 Å². The van der Waals surface area contributed by atoms with Crippen LogP contribution in [0.1, 0.15) is 17.5 Å². The monoisotopic (exact) mass is 376 g/mol. The summed E-state index contributed by atoms with van der Waals surface area (Å²) in [5, 5.41) is 6.81. The number of aryl methyl sites for hydroxylation is 1. The van der Waals surface area contributed by atoms with Gasteiger partial charge in [0.1, 0.15) is 11.5 Å². The molecular weight excluding hydrogens is 352 g/mol. The zero-order valence-corrected chi connectivity index (χ0v) is 16.2. The van der Waals surface area contributed by atoms with E-state index in [-0.39, 0.29) is 5.91 Å². The van der Waals surface area contributed by atoms with Crippen molar-refractivity contribution in [1.29, 1.82) is 0 Å². The first-order valence-corrected chi connectivity index (χ1v) is 8.89. The standard InChI is InChI=1S/C20H25ClN2O3/c1-14-11-18(19(26-3)13-17(14)21)22-10-8-20(24)23-9-7-15-5-4-6-16(12-15)25-2/h4-6,11-13,22H,7-10H2,1-3H3,(H,23,24). The molecule has 0 radical (unpaired) electrons. The first-order chi connectivity index (χ1) is 12.5. The predicted molar refractivity (Wildman–Crippen MR) is 106 cm³/mol. The van der Waals surface area contributed by atoms with Gasteiger partial charge in [0.15, 0.2) is 0 Å². The molecule has 0 aliphatic carbocycles. The molecule has 2 aromatic carbocycles. The molecule has 0 bridgehead atoms. The maximum Gasteiger partial charge on any atom is 0.221 e. The fourth-order valence-corrected chi connectivity index (χ4v) is 2.70. The molecule has 0 aliphatic rings. The summed E-state index contributed by atoms with van der Waals surface area (Å²) >= 11 is 6.10. The topological polar surface area (TPSA) is 59.6 Å². The minimum absolute atomic E-state index is 0.00467. The van der Waals surface area contributed by atoms with Crippen LogP contribution in [0.15, 0.2) is 36.4 Å². The van der Waals surface area contributed by atoms with Gasteiger partial charge in [0.25, 0.3) is 0 Å². The number of anilines is 1. The van der Waals surface area contributed by atoms with E-state index in [1.807, 2.05) is 37.3 Å². The molecule has 0 atom stereocenters. The summed E-state index contributed by atoms with van der Waals surface area (Å²) < 4.78 is 10.5. The molecule has 2 N–H and O–H groups in total. The van der Waals surface area contributed by atoms with Crippen molar-refractivity contribution >= 4 is 23.2 Å². The second-order valence-electron chi connectivity index (χ2n) is 5.93. The average Bonchev–Trinajstić information content (AvgIpc) is 2.64. The van der Waals surface area contributed by atoms with Gasteiger partial charge in [0, 0.05) is 30.6 Å². The third-order valence-electron chi connectivity index (χ3n) is 4.02. The highest BCUT2D eigenvalue weighted by atomic mass is 35.5. The molecule has 1 amide bonds. The van der Waals surface area contributed by atoms with Gasteiger partial charge in [-0.25, -0.2) is 0 Å². The second-order valence-corrected chi connectivity index (χ2v) is 6.34. The normalized spacial score (nSPS) is 10.3. The molecule has 0 saturated heterocycles. The molecule has 0 unspecified atom stereocenters. The lowest BCUT2D eigenvalue weighted by atomic mass is 10.1. The number of benzene rings is 2. The fraction of sp³-hybridized carbons (Fsp3) is 0.350. The quantitative estimate of drug-likeness (QED) is 0.698. The molecule has 0 fully saturated rings. The van der Waals surface area contributed by atoms with Crippen molar-refractivity contribution in [3.8, 4) is 11.5 Å². The molecule has 26 heavy (non-hydrogen) atoms. The Labute approximate surface area is 159 Å². The van der Waals surface area contributed by atoms with Gasteiger partial charge in [-0.3, -0.25) is 4.79 Å². The van der Waals surface area contributed by atoms with Crippen molar-refractivity contribution in [1.82, 2.24) is 5.32 Å². The van der Waals surface area contributed by atoms with Crippen molar-refractivity contribution in [3.05, 3.63) is 52.5 Å². The number of hydrogen-bond donors (Lipinski definition) is 2. The number of hydrogen-bond acceptors (Lipinski definition) is 4. The number of methoxy groups -OCH3 is 2. The first kappa shape index (κ1) is 19.9. The van der Waals surface area contributed by atoms with Crippen molar-refractivity contribution in [3.63, 3.8) is 0 Å². The lowest BCUT2D eigenvalue weighted by Crippen LogP contribution is -2.27. The van der Waals surface area contributed by atoms with E-state index in [0.717, 1.165) is 29.0 Å². The molecule has 0 aromatic heterocycles. The maximum atomic E-state index is 12.0. The van der Waals surface area contributed by atoms with Gasteiger partial charge in [0.2, 0.25) is 5.91 Å². The second kappa shape index (κ2) is 9.92. The summed E-state index contributed by atoms with van der Waals surface area (Å²) in [7, 11) is 3.24. The van der Waals surface area contributed by atoms with Crippen LogP contribution < -0.4 is 20.1 Å². The zero-order chi connectivity index (χ0) is 18.9. The van der Waals surface area contributed by atoms with Crippen molar-refractivity contribution in [2.45, 2.75) is 19.8 Å². The van der Waals surface area contributed by atoms with Gasteiger partial charge in [0.05, 0.1) is 19.9 Å². The van der Waals surface area contributed by atoms with Crippen molar-refractivity contribution in [2.75, 3.05) is 32.6 Å². The number of carbonyl (C=O) groups excluding carboxylic acids is 1. The van der Waals surface area contributed by atoms with E-state index in [9.17, 15) is 4.79 Å². The summed E-state index contributed by atoms with van der Waals surface area (Å²) in [4.78, 5) is 12.0. The Hall–Kier alpha value is -2.40. The van der Waals surface area contributed by atoms with Gasteiger partial charge >= 0.3 is 0 Å².